The Morgan fingerprint density at radius 3 is 2.62 bits per heavy atom. The molecular formula is C16H20N4O2S2. The van der Waals surface area contributed by atoms with Gasteiger partial charge in [-0.15, -0.1) is 21.5 Å². The van der Waals surface area contributed by atoms with E-state index in [0.717, 1.165) is 24.3 Å². The van der Waals surface area contributed by atoms with Crippen LogP contribution in [0.15, 0.2) is 45.5 Å². The van der Waals surface area contributed by atoms with Gasteiger partial charge in [-0.1, -0.05) is 17.7 Å². The van der Waals surface area contributed by atoms with Gasteiger partial charge < -0.3 is 5.32 Å². The van der Waals surface area contributed by atoms with E-state index in [1.165, 1.54) is 31.3 Å². The summed E-state index contributed by atoms with van der Waals surface area (Å²) in [6.45, 7) is 0.806. The van der Waals surface area contributed by atoms with E-state index in [0.29, 0.717) is 5.82 Å². The Morgan fingerprint density at radius 2 is 1.96 bits per heavy atom. The molecule has 2 N–H and O–H groups in total. The second-order valence-electron chi connectivity index (χ2n) is 5.63. The Morgan fingerprint density at radius 1 is 1.12 bits per heavy atom. The van der Waals surface area contributed by atoms with Crippen molar-refractivity contribution in [1.82, 2.24) is 10.2 Å². The summed E-state index contributed by atoms with van der Waals surface area (Å²) in [7, 11) is -3.58. The molecule has 0 spiro atoms. The van der Waals surface area contributed by atoms with Crippen LogP contribution in [0, 0.1) is 0 Å². The summed E-state index contributed by atoms with van der Waals surface area (Å²) in [6, 6.07) is 6.59. The van der Waals surface area contributed by atoms with E-state index in [-0.39, 0.29) is 10.0 Å². The van der Waals surface area contributed by atoms with Crippen LogP contribution in [0.4, 0.5) is 11.6 Å². The van der Waals surface area contributed by atoms with Gasteiger partial charge in [-0.2, -0.15) is 0 Å². The molecular weight excluding hydrogens is 344 g/mol. The number of aromatic nitrogens is 2. The van der Waals surface area contributed by atoms with Gasteiger partial charge in [-0.3, -0.25) is 4.72 Å². The Kier molecular flexibility index (Phi) is 5.47. The highest BCUT2D eigenvalue weighted by Gasteiger charge is 2.15. The van der Waals surface area contributed by atoms with Gasteiger partial charge in [-0.25, -0.2) is 8.42 Å². The molecule has 0 unspecified atom stereocenters. The summed E-state index contributed by atoms with van der Waals surface area (Å²) >= 11 is 1.16. The molecule has 1 aliphatic carbocycles. The maximum absolute atomic E-state index is 12.1. The van der Waals surface area contributed by atoms with Gasteiger partial charge in [0, 0.05) is 6.54 Å². The molecule has 1 aliphatic rings. The van der Waals surface area contributed by atoms with Crippen molar-refractivity contribution in [3.8, 4) is 0 Å². The standard InChI is InChI=1S/C16H20N4O2S2/c21-24(22,16-7-4-12-23-16)20-15-9-8-14(18-19-15)17-11-10-13-5-2-1-3-6-13/h4-5,7-9,12H,1-3,6,10-11H2,(H,17,18)(H,19,20). The molecule has 0 aromatic carbocycles. The van der Waals surface area contributed by atoms with Crippen LogP contribution in [0.3, 0.4) is 0 Å². The minimum absolute atomic E-state index is 0.212. The van der Waals surface area contributed by atoms with Crippen LogP contribution in [-0.2, 0) is 10.0 Å². The third kappa shape index (κ3) is 4.55. The van der Waals surface area contributed by atoms with Gasteiger partial charge in [0.2, 0.25) is 0 Å². The summed E-state index contributed by atoms with van der Waals surface area (Å²) in [5.41, 5.74) is 1.50. The lowest BCUT2D eigenvalue weighted by molar-refractivity contribution is 0.603. The summed E-state index contributed by atoms with van der Waals surface area (Å²) < 4.78 is 26.9. The van der Waals surface area contributed by atoms with Crippen molar-refractivity contribution in [2.45, 2.75) is 36.3 Å². The minimum atomic E-state index is -3.58. The Bertz CT molecular complexity index is 784. The molecule has 3 rings (SSSR count). The number of rotatable bonds is 7. The first-order valence-electron chi connectivity index (χ1n) is 7.95. The zero-order chi connectivity index (χ0) is 16.8. The number of allylic oxidation sites excluding steroid dienone is 1. The van der Waals surface area contributed by atoms with Crippen molar-refractivity contribution in [3.05, 3.63) is 41.3 Å². The zero-order valence-electron chi connectivity index (χ0n) is 13.2. The topological polar surface area (TPSA) is 84.0 Å². The third-order valence-electron chi connectivity index (χ3n) is 3.80. The first-order chi connectivity index (χ1) is 11.6. The predicted octanol–water partition coefficient (Wildman–Crippen LogP) is 3.64. The second-order valence-corrected chi connectivity index (χ2v) is 8.48. The monoisotopic (exact) mass is 364 g/mol. The summed E-state index contributed by atoms with van der Waals surface area (Å²) in [6.07, 6.45) is 8.30. The molecule has 2 aromatic heterocycles. The summed E-state index contributed by atoms with van der Waals surface area (Å²) in [4.78, 5) is 0. The molecule has 2 heterocycles. The van der Waals surface area contributed by atoms with E-state index in [1.807, 2.05) is 0 Å². The van der Waals surface area contributed by atoms with Gasteiger partial charge in [-0.05, 0) is 55.7 Å². The second kappa shape index (κ2) is 7.76. The van der Waals surface area contributed by atoms with Crippen molar-refractivity contribution in [2.75, 3.05) is 16.6 Å². The smallest absolute Gasteiger partial charge is 0.272 e. The fourth-order valence-electron chi connectivity index (χ4n) is 2.57. The average Bonchev–Trinajstić information content (AvgIpc) is 3.13. The molecule has 0 saturated heterocycles. The number of nitrogens with zero attached hydrogens (tertiary/aromatic N) is 2. The molecule has 0 saturated carbocycles. The van der Waals surface area contributed by atoms with Crippen LogP contribution >= 0.6 is 11.3 Å². The highest BCUT2D eigenvalue weighted by atomic mass is 32.2. The molecule has 0 fully saturated rings. The molecule has 6 nitrogen and oxygen atoms in total. The summed E-state index contributed by atoms with van der Waals surface area (Å²) in [5.74, 6) is 0.856. The molecule has 128 valence electrons. The fourth-order valence-corrected chi connectivity index (χ4v) is 4.56. The number of hydrogen-bond acceptors (Lipinski definition) is 6. The molecule has 0 radical (unpaired) electrons. The van der Waals surface area contributed by atoms with Crippen molar-refractivity contribution in [1.29, 1.82) is 0 Å². The number of anilines is 2. The Hall–Kier alpha value is -1.93. The number of nitrogens with one attached hydrogen (secondary N) is 2. The molecule has 0 bridgehead atoms. The summed E-state index contributed by atoms with van der Waals surface area (Å²) in [5, 5.41) is 12.9. The van der Waals surface area contributed by atoms with Crippen molar-refractivity contribution >= 4 is 33.0 Å². The maximum Gasteiger partial charge on any atom is 0.272 e. The van der Waals surface area contributed by atoms with E-state index >= 15 is 0 Å². The van der Waals surface area contributed by atoms with E-state index < -0.39 is 10.0 Å². The lowest BCUT2D eigenvalue weighted by atomic mass is 9.97. The average molecular weight is 364 g/mol. The Labute approximate surface area is 146 Å². The van der Waals surface area contributed by atoms with E-state index in [9.17, 15) is 8.42 Å². The van der Waals surface area contributed by atoms with E-state index in [4.69, 9.17) is 0 Å². The van der Waals surface area contributed by atoms with Gasteiger partial charge >= 0.3 is 0 Å². The van der Waals surface area contributed by atoms with E-state index in [2.05, 4.69) is 26.3 Å². The van der Waals surface area contributed by atoms with Crippen LogP contribution in [0.2, 0.25) is 0 Å². The van der Waals surface area contributed by atoms with Crippen LogP contribution in [0.5, 0.6) is 0 Å². The highest BCUT2D eigenvalue weighted by molar-refractivity contribution is 7.94. The third-order valence-corrected chi connectivity index (χ3v) is 6.55. The van der Waals surface area contributed by atoms with Gasteiger partial charge in [0.05, 0.1) is 0 Å². The SMILES string of the molecule is O=S(=O)(Nc1ccc(NCCC2=CCCCC2)nn1)c1cccs1. The maximum atomic E-state index is 12.1. The lowest BCUT2D eigenvalue weighted by Gasteiger charge is -2.13. The van der Waals surface area contributed by atoms with Gasteiger partial charge in [0.15, 0.2) is 5.82 Å². The molecule has 24 heavy (non-hydrogen) atoms. The molecule has 8 heteroatoms. The number of sulfonamides is 1. The lowest BCUT2D eigenvalue weighted by Crippen LogP contribution is -2.13. The minimum Gasteiger partial charge on any atom is -0.368 e. The Balaban J connectivity index is 1.53. The van der Waals surface area contributed by atoms with Crippen LogP contribution in [-0.4, -0.2) is 25.2 Å². The van der Waals surface area contributed by atoms with Crippen molar-refractivity contribution in [3.63, 3.8) is 0 Å². The normalized spacial score (nSPS) is 14.9. The van der Waals surface area contributed by atoms with Gasteiger partial charge in [0.25, 0.3) is 10.0 Å². The predicted molar refractivity (Wildman–Crippen MR) is 96.8 cm³/mol. The number of thiophene rings is 1. The molecule has 0 amide bonds. The van der Waals surface area contributed by atoms with Crippen LogP contribution in [0.25, 0.3) is 0 Å². The van der Waals surface area contributed by atoms with Crippen LogP contribution in [0.1, 0.15) is 32.1 Å². The highest BCUT2D eigenvalue weighted by Crippen LogP contribution is 2.21. The first-order valence-corrected chi connectivity index (χ1v) is 10.3. The van der Waals surface area contributed by atoms with E-state index in [1.54, 1.807) is 29.6 Å². The molecule has 0 aliphatic heterocycles. The fraction of sp³-hybridized carbons (Fsp3) is 0.375. The molecule has 2 aromatic rings. The first kappa shape index (κ1) is 16.9. The van der Waals surface area contributed by atoms with Crippen molar-refractivity contribution < 1.29 is 8.42 Å². The molecule has 0 atom stereocenters. The largest absolute Gasteiger partial charge is 0.368 e. The van der Waals surface area contributed by atoms with Gasteiger partial charge in [0.1, 0.15) is 10.0 Å². The number of hydrogen-bond donors (Lipinski definition) is 2. The van der Waals surface area contributed by atoms with Crippen molar-refractivity contribution in [2.24, 2.45) is 0 Å². The van der Waals surface area contributed by atoms with Crippen LogP contribution < -0.4 is 10.0 Å². The quantitative estimate of drug-likeness (QED) is 0.733. The zero-order valence-corrected chi connectivity index (χ0v) is 14.9.